The maximum Gasteiger partial charge on any atom is 0.241 e. The first-order valence-corrected chi connectivity index (χ1v) is 9.14. The van der Waals surface area contributed by atoms with Crippen LogP contribution in [-0.2, 0) is 4.79 Å². The van der Waals surface area contributed by atoms with Gasteiger partial charge in [-0.3, -0.25) is 4.79 Å². The second kappa shape index (κ2) is 7.82. The van der Waals surface area contributed by atoms with Gasteiger partial charge in [0.2, 0.25) is 5.91 Å². The molecule has 1 unspecified atom stereocenters. The van der Waals surface area contributed by atoms with Crippen LogP contribution < -0.4 is 16.0 Å². The number of nitrogens with zero attached hydrogens (tertiary/aromatic N) is 1. The molecule has 23 heavy (non-hydrogen) atoms. The van der Waals surface area contributed by atoms with Crippen molar-refractivity contribution >= 4 is 17.3 Å². The zero-order valence-electron chi connectivity index (χ0n) is 14.0. The van der Waals surface area contributed by atoms with E-state index in [2.05, 4.69) is 22.3 Å². The molecule has 1 aliphatic carbocycles. The van der Waals surface area contributed by atoms with Crippen LogP contribution in [0.25, 0.3) is 0 Å². The van der Waals surface area contributed by atoms with Crippen molar-refractivity contribution in [2.45, 2.75) is 57.4 Å². The predicted molar refractivity (Wildman–Crippen MR) is 95.7 cm³/mol. The molecule has 1 saturated carbocycles. The summed E-state index contributed by atoms with van der Waals surface area (Å²) >= 11 is 0. The molecule has 2 aliphatic rings. The predicted octanol–water partition coefficient (Wildman–Crippen LogP) is 3.52. The molecular weight excluding hydrogens is 286 g/mol. The summed E-state index contributed by atoms with van der Waals surface area (Å²) in [5, 5.41) is 3.00. The van der Waals surface area contributed by atoms with Crippen molar-refractivity contribution in [1.29, 1.82) is 0 Å². The minimum Gasteiger partial charge on any atom is -0.371 e. The number of nitrogens with two attached hydrogens (primary N) is 1. The molecule has 3 N–H and O–H groups in total. The van der Waals surface area contributed by atoms with Crippen molar-refractivity contribution in [3.05, 3.63) is 24.3 Å². The van der Waals surface area contributed by atoms with Crippen LogP contribution in [0, 0.1) is 5.92 Å². The second-order valence-electron chi connectivity index (χ2n) is 7.08. The highest BCUT2D eigenvalue weighted by atomic mass is 16.2. The second-order valence-corrected chi connectivity index (χ2v) is 7.08. The summed E-state index contributed by atoms with van der Waals surface area (Å²) in [6.07, 6.45) is 9.69. The summed E-state index contributed by atoms with van der Waals surface area (Å²) in [6, 6.07) is 7.74. The highest BCUT2D eigenvalue weighted by molar-refractivity contribution is 5.95. The summed E-state index contributed by atoms with van der Waals surface area (Å²) in [4.78, 5) is 14.7. The molecule has 0 bridgehead atoms. The summed E-state index contributed by atoms with van der Waals surface area (Å²) in [5.74, 6) is 0.578. The van der Waals surface area contributed by atoms with Crippen molar-refractivity contribution in [3.8, 4) is 0 Å². The SMILES string of the molecule is NC(CC1CCCCC1)C(=O)Nc1cccc(N2CCCC2)c1. The van der Waals surface area contributed by atoms with E-state index in [4.69, 9.17) is 5.73 Å². The third-order valence-electron chi connectivity index (χ3n) is 5.23. The number of benzene rings is 1. The Kier molecular flexibility index (Phi) is 5.55. The lowest BCUT2D eigenvalue weighted by molar-refractivity contribution is -0.117. The number of hydrogen-bond donors (Lipinski definition) is 2. The number of carbonyl (C=O) groups is 1. The Labute approximate surface area is 139 Å². The number of hydrogen-bond acceptors (Lipinski definition) is 3. The van der Waals surface area contributed by atoms with Gasteiger partial charge in [0.05, 0.1) is 6.04 Å². The van der Waals surface area contributed by atoms with Crippen LogP contribution in [0.4, 0.5) is 11.4 Å². The van der Waals surface area contributed by atoms with Gasteiger partial charge in [-0.1, -0.05) is 38.2 Å². The van der Waals surface area contributed by atoms with Crippen LogP contribution in [0.2, 0.25) is 0 Å². The van der Waals surface area contributed by atoms with Crippen molar-refractivity contribution < 1.29 is 4.79 Å². The highest BCUT2D eigenvalue weighted by Crippen LogP contribution is 2.27. The van der Waals surface area contributed by atoms with E-state index in [1.165, 1.54) is 50.6 Å². The van der Waals surface area contributed by atoms with Crippen molar-refractivity contribution in [2.24, 2.45) is 11.7 Å². The molecule has 1 amide bonds. The normalized spacial score (nSPS) is 20.5. The molecule has 1 aromatic carbocycles. The minimum atomic E-state index is -0.395. The maximum absolute atomic E-state index is 12.4. The Morgan fingerprint density at radius 1 is 1.17 bits per heavy atom. The lowest BCUT2D eigenvalue weighted by atomic mass is 9.85. The van der Waals surface area contributed by atoms with Gasteiger partial charge >= 0.3 is 0 Å². The maximum atomic E-state index is 12.4. The third kappa shape index (κ3) is 4.47. The fraction of sp³-hybridized carbons (Fsp3) is 0.632. The molecule has 0 spiro atoms. The van der Waals surface area contributed by atoms with E-state index in [0.717, 1.165) is 25.2 Å². The number of rotatable bonds is 5. The zero-order valence-corrected chi connectivity index (χ0v) is 14.0. The Hall–Kier alpha value is -1.55. The molecule has 1 saturated heterocycles. The van der Waals surface area contributed by atoms with Gasteiger partial charge in [0.15, 0.2) is 0 Å². The molecular formula is C19H29N3O. The number of nitrogens with one attached hydrogen (secondary N) is 1. The average Bonchev–Trinajstić information content (AvgIpc) is 3.10. The lowest BCUT2D eigenvalue weighted by Gasteiger charge is -2.24. The van der Waals surface area contributed by atoms with Crippen LogP contribution in [0.3, 0.4) is 0 Å². The minimum absolute atomic E-state index is 0.0471. The van der Waals surface area contributed by atoms with Crippen LogP contribution in [0.15, 0.2) is 24.3 Å². The largest absolute Gasteiger partial charge is 0.371 e. The molecule has 0 aromatic heterocycles. The summed E-state index contributed by atoms with van der Waals surface area (Å²) in [7, 11) is 0. The first-order chi connectivity index (χ1) is 11.2. The zero-order chi connectivity index (χ0) is 16.1. The van der Waals surface area contributed by atoms with Crippen LogP contribution in [0.5, 0.6) is 0 Å². The standard InChI is InChI=1S/C19H29N3O/c20-18(13-15-7-2-1-3-8-15)19(23)21-16-9-6-10-17(14-16)22-11-4-5-12-22/h6,9-10,14-15,18H,1-5,7-8,11-13,20H2,(H,21,23). The fourth-order valence-electron chi connectivity index (χ4n) is 3.88. The smallest absolute Gasteiger partial charge is 0.241 e. The number of anilines is 2. The van der Waals surface area contributed by atoms with E-state index < -0.39 is 6.04 Å². The Balaban J connectivity index is 1.55. The van der Waals surface area contributed by atoms with Crippen molar-refractivity contribution in [2.75, 3.05) is 23.3 Å². The topological polar surface area (TPSA) is 58.4 Å². The van der Waals surface area contributed by atoms with Crippen molar-refractivity contribution in [3.63, 3.8) is 0 Å². The first kappa shape index (κ1) is 16.3. The first-order valence-electron chi connectivity index (χ1n) is 9.14. The lowest BCUT2D eigenvalue weighted by Crippen LogP contribution is -2.37. The van der Waals surface area contributed by atoms with E-state index >= 15 is 0 Å². The van der Waals surface area contributed by atoms with Gasteiger partial charge in [-0.15, -0.1) is 0 Å². The van der Waals surface area contributed by atoms with E-state index in [-0.39, 0.29) is 5.91 Å². The summed E-state index contributed by atoms with van der Waals surface area (Å²) in [5.41, 5.74) is 8.19. The molecule has 3 rings (SSSR count). The van der Waals surface area contributed by atoms with E-state index in [9.17, 15) is 4.79 Å². The summed E-state index contributed by atoms with van der Waals surface area (Å²) < 4.78 is 0. The number of amides is 1. The Morgan fingerprint density at radius 2 is 1.91 bits per heavy atom. The Morgan fingerprint density at radius 3 is 2.65 bits per heavy atom. The number of carbonyl (C=O) groups excluding carboxylic acids is 1. The average molecular weight is 315 g/mol. The Bertz CT molecular complexity index is 519. The van der Waals surface area contributed by atoms with Gasteiger partial charge in [-0.2, -0.15) is 0 Å². The van der Waals surface area contributed by atoms with Gasteiger partial charge in [0.1, 0.15) is 0 Å². The highest BCUT2D eigenvalue weighted by Gasteiger charge is 2.21. The van der Waals surface area contributed by atoms with Gasteiger partial charge in [-0.05, 0) is 43.4 Å². The monoisotopic (exact) mass is 315 g/mol. The molecule has 4 nitrogen and oxygen atoms in total. The van der Waals surface area contributed by atoms with Gasteiger partial charge in [0, 0.05) is 24.5 Å². The summed E-state index contributed by atoms with van der Waals surface area (Å²) in [6.45, 7) is 2.22. The van der Waals surface area contributed by atoms with Crippen LogP contribution in [0.1, 0.15) is 51.4 Å². The quantitative estimate of drug-likeness (QED) is 0.874. The van der Waals surface area contributed by atoms with Crippen LogP contribution in [-0.4, -0.2) is 25.0 Å². The molecule has 1 aromatic rings. The van der Waals surface area contributed by atoms with Gasteiger partial charge < -0.3 is 16.0 Å². The molecule has 2 fully saturated rings. The molecule has 1 atom stereocenters. The molecule has 0 radical (unpaired) electrons. The van der Waals surface area contributed by atoms with E-state index in [1.54, 1.807) is 0 Å². The third-order valence-corrected chi connectivity index (χ3v) is 5.23. The van der Waals surface area contributed by atoms with Crippen LogP contribution >= 0.6 is 0 Å². The molecule has 1 aliphatic heterocycles. The van der Waals surface area contributed by atoms with Gasteiger partial charge in [-0.25, -0.2) is 0 Å². The molecule has 4 heteroatoms. The molecule has 126 valence electrons. The van der Waals surface area contributed by atoms with Crippen molar-refractivity contribution in [1.82, 2.24) is 0 Å². The van der Waals surface area contributed by atoms with E-state index in [1.807, 2.05) is 12.1 Å². The molecule has 1 heterocycles. The van der Waals surface area contributed by atoms with Gasteiger partial charge in [0.25, 0.3) is 0 Å². The fourth-order valence-corrected chi connectivity index (χ4v) is 3.88. The van der Waals surface area contributed by atoms with E-state index in [0.29, 0.717) is 5.92 Å².